The molecule has 0 spiro atoms. The average molecular weight is 1260 g/mol. The normalized spacial score (nSPS) is 13.4. The van der Waals surface area contributed by atoms with Crippen LogP contribution in [0.4, 0.5) is 0 Å². The van der Waals surface area contributed by atoms with E-state index in [9.17, 15) is 19.0 Å². The van der Waals surface area contributed by atoms with Crippen LogP contribution in [-0.2, 0) is 27.9 Å². The number of unbranched alkanes of at least 4 members (excludes halogenated alkanes) is 58. The van der Waals surface area contributed by atoms with Crippen LogP contribution >= 0.6 is 7.82 Å². The molecule has 1 amide bonds. The summed E-state index contributed by atoms with van der Waals surface area (Å²) in [6, 6.07) is -0.882. The monoisotopic (exact) mass is 1260 g/mol. The van der Waals surface area contributed by atoms with Crippen LogP contribution in [0.15, 0.2) is 12.2 Å². The fourth-order valence-electron chi connectivity index (χ4n) is 12.4. The Morgan fingerprint density at radius 3 is 0.932 bits per heavy atom. The molecule has 0 aromatic carbocycles. The Morgan fingerprint density at radius 1 is 0.386 bits per heavy atom. The Morgan fingerprint density at radius 2 is 0.648 bits per heavy atom. The maximum Gasteiger partial charge on any atom is 0.306 e. The Kier molecular flexibility index (Phi) is 67.6. The number of hydrogen-bond donors (Lipinski definition) is 1. The number of phosphoric ester groups is 1. The van der Waals surface area contributed by atoms with E-state index in [0.717, 1.165) is 57.8 Å². The van der Waals surface area contributed by atoms with Gasteiger partial charge in [-0.25, -0.2) is 0 Å². The zero-order chi connectivity index (χ0) is 64.2. The third-order valence-corrected chi connectivity index (χ3v) is 19.4. The molecular formula is C78H155N2O7P. The van der Waals surface area contributed by atoms with Crippen molar-refractivity contribution in [3.8, 4) is 0 Å². The summed E-state index contributed by atoms with van der Waals surface area (Å²) in [5.41, 5.74) is 0. The van der Waals surface area contributed by atoms with Crippen LogP contribution in [0.5, 0.6) is 0 Å². The van der Waals surface area contributed by atoms with Crippen LogP contribution in [0.25, 0.3) is 0 Å². The second kappa shape index (κ2) is 68.6. The quantitative estimate of drug-likeness (QED) is 0.0212. The van der Waals surface area contributed by atoms with Gasteiger partial charge in [-0.1, -0.05) is 393 Å². The van der Waals surface area contributed by atoms with Crippen LogP contribution in [0.1, 0.15) is 425 Å². The zero-order valence-electron chi connectivity index (χ0n) is 60.2. The molecule has 0 aliphatic heterocycles. The first-order chi connectivity index (χ1) is 42.9. The van der Waals surface area contributed by atoms with E-state index in [4.69, 9.17) is 13.8 Å². The topological polar surface area (TPSA) is 114 Å². The van der Waals surface area contributed by atoms with E-state index in [0.29, 0.717) is 17.4 Å². The number of phosphoric acid groups is 1. The van der Waals surface area contributed by atoms with Crippen molar-refractivity contribution in [2.24, 2.45) is 0 Å². The van der Waals surface area contributed by atoms with Crippen molar-refractivity contribution in [1.82, 2.24) is 5.32 Å². The molecule has 0 aromatic rings. The molecule has 0 rings (SSSR count). The SMILES string of the molecule is CCCCCCCCCCCC/C=C/C(OC(=O)CCCCCCCCCCCCCCCCCCCCCCCCCCC)C(COP(=O)([O-])OCC[N+](C)(C)C)NC(=O)CCCCCCCCCCCCCCCCCCCCCCCCCCC. The number of nitrogens with one attached hydrogen (secondary N) is 1. The van der Waals surface area contributed by atoms with E-state index in [-0.39, 0.29) is 31.5 Å². The minimum Gasteiger partial charge on any atom is -0.756 e. The van der Waals surface area contributed by atoms with Crippen LogP contribution in [0.3, 0.4) is 0 Å². The lowest BCUT2D eigenvalue weighted by molar-refractivity contribution is -0.870. The number of hydrogen-bond acceptors (Lipinski definition) is 7. The van der Waals surface area contributed by atoms with Gasteiger partial charge in [-0.15, -0.1) is 0 Å². The van der Waals surface area contributed by atoms with Gasteiger partial charge in [-0.05, 0) is 31.8 Å². The van der Waals surface area contributed by atoms with E-state index in [1.165, 1.54) is 334 Å². The average Bonchev–Trinajstić information content (AvgIpc) is 3.70. The molecule has 0 saturated carbocycles. The molecule has 0 radical (unpaired) electrons. The molecule has 88 heavy (non-hydrogen) atoms. The summed E-state index contributed by atoms with van der Waals surface area (Å²) >= 11 is 0. The summed E-state index contributed by atoms with van der Waals surface area (Å²) in [7, 11) is 1.22. The zero-order valence-corrected chi connectivity index (χ0v) is 61.1. The van der Waals surface area contributed by atoms with Crippen LogP contribution in [-0.4, -0.2) is 69.4 Å². The number of carbonyl (C=O) groups excluding carboxylic acids is 2. The Hall–Kier alpha value is -1.25. The van der Waals surface area contributed by atoms with Crippen LogP contribution in [0.2, 0.25) is 0 Å². The number of rotatable bonds is 74. The Balaban J connectivity index is 4.89. The number of ether oxygens (including phenoxy) is 1. The lowest BCUT2D eigenvalue weighted by Crippen LogP contribution is -2.47. The molecule has 524 valence electrons. The van der Waals surface area contributed by atoms with Crippen molar-refractivity contribution >= 4 is 19.7 Å². The highest BCUT2D eigenvalue weighted by atomic mass is 31.2. The molecule has 0 aromatic heterocycles. The first-order valence-corrected chi connectivity index (χ1v) is 41.0. The van der Waals surface area contributed by atoms with Gasteiger partial charge in [0.15, 0.2) is 0 Å². The second-order valence-corrected chi connectivity index (χ2v) is 30.0. The first kappa shape index (κ1) is 86.8. The molecule has 3 unspecified atom stereocenters. The number of allylic oxidation sites excluding steroid dienone is 1. The van der Waals surface area contributed by atoms with E-state index in [1.807, 2.05) is 33.3 Å². The van der Waals surface area contributed by atoms with Gasteiger partial charge < -0.3 is 28.5 Å². The molecule has 1 N–H and O–H groups in total. The molecule has 0 aliphatic rings. The fourth-order valence-corrected chi connectivity index (χ4v) is 13.1. The van der Waals surface area contributed by atoms with Gasteiger partial charge >= 0.3 is 5.97 Å². The van der Waals surface area contributed by atoms with Crippen molar-refractivity contribution in [2.45, 2.75) is 437 Å². The molecule has 0 bridgehead atoms. The standard InChI is InChI=1S/C78H155N2O7P/c1-7-10-13-16-19-22-25-28-30-32-34-36-38-40-42-44-46-48-50-52-55-58-61-64-67-70-77(81)79-75(74-86-88(83,84)85-73-72-80(4,5)6)76(69-66-63-60-57-54-27-24-21-18-15-12-9-3)87-78(82)71-68-65-62-59-56-53-51-49-47-45-43-41-39-37-35-33-31-29-26-23-20-17-14-11-8-2/h66,69,75-76H,7-65,67-68,70-74H2,1-6H3,(H-,79,81,83,84)/b69-66+. The third kappa shape index (κ3) is 69.1. The highest BCUT2D eigenvalue weighted by molar-refractivity contribution is 7.45. The minimum absolute atomic E-state index is 0.0162. The molecule has 9 nitrogen and oxygen atoms in total. The highest BCUT2D eigenvalue weighted by Crippen LogP contribution is 2.38. The van der Waals surface area contributed by atoms with Crippen LogP contribution in [0, 0.1) is 0 Å². The lowest BCUT2D eigenvalue weighted by atomic mass is 10.0. The number of esters is 1. The molecule has 0 aliphatic carbocycles. The number of quaternary nitrogens is 1. The second-order valence-electron chi connectivity index (χ2n) is 28.6. The van der Waals surface area contributed by atoms with Gasteiger partial charge in [0.25, 0.3) is 7.82 Å². The summed E-state index contributed by atoms with van der Waals surface area (Å²) in [6.45, 7) is 6.94. The first-order valence-electron chi connectivity index (χ1n) is 39.5. The largest absolute Gasteiger partial charge is 0.756 e. The Bertz CT molecular complexity index is 1500. The number of nitrogens with zero attached hydrogens (tertiary/aromatic N) is 1. The van der Waals surface area contributed by atoms with Crippen molar-refractivity contribution in [3.63, 3.8) is 0 Å². The minimum atomic E-state index is -4.70. The van der Waals surface area contributed by atoms with Gasteiger partial charge in [0.05, 0.1) is 33.8 Å². The predicted octanol–water partition coefficient (Wildman–Crippen LogP) is 24.8. The molecule has 3 atom stereocenters. The molecule has 0 saturated heterocycles. The van der Waals surface area contributed by atoms with E-state index >= 15 is 0 Å². The summed E-state index contributed by atoms with van der Waals surface area (Å²) < 4.78 is 30.5. The summed E-state index contributed by atoms with van der Waals surface area (Å²) in [5.74, 6) is -0.509. The molecule has 0 heterocycles. The predicted molar refractivity (Wildman–Crippen MR) is 381 cm³/mol. The van der Waals surface area contributed by atoms with Gasteiger partial charge in [0, 0.05) is 12.8 Å². The maximum atomic E-state index is 13.6. The Labute approximate surface area is 550 Å². The summed E-state index contributed by atoms with van der Waals surface area (Å²) in [5, 5.41) is 3.06. The fraction of sp³-hybridized carbons (Fsp3) is 0.949. The van der Waals surface area contributed by atoms with Crippen molar-refractivity contribution < 1.29 is 37.3 Å². The molecule has 0 fully saturated rings. The number of carbonyl (C=O) groups is 2. The summed E-state index contributed by atoms with van der Waals surface area (Å²) in [4.78, 5) is 40.3. The van der Waals surface area contributed by atoms with Gasteiger partial charge in [-0.2, -0.15) is 0 Å². The van der Waals surface area contributed by atoms with Gasteiger partial charge in [0.2, 0.25) is 5.91 Å². The number of amides is 1. The number of likely N-dealkylation sites (N-methyl/N-ethyl adjacent to an activating group) is 1. The van der Waals surface area contributed by atoms with Crippen molar-refractivity contribution in [1.29, 1.82) is 0 Å². The third-order valence-electron chi connectivity index (χ3n) is 18.5. The van der Waals surface area contributed by atoms with E-state index < -0.39 is 20.0 Å². The highest BCUT2D eigenvalue weighted by Gasteiger charge is 2.27. The van der Waals surface area contributed by atoms with Gasteiger partial charge in [0.1, 0.15) is 19.3 Å². The van der Waals surface area contributed by atoms with E-state index in [1.54, 1.807) is 0 Å². The summed E-state index contributed by atoms with van der Waals surface area (Å²) in [6.07, 6.45) is 83.6. The lowest BCUT2D eigenvalue weighted by Gasteiger charge is -2.30. The van der Waals surface area contributed by atoms with Crippen LogP contribution < -0.4 is 10.2 Å². The van der Waals surface area contributed by atoms with Crippen molar-refractivity contribution in [3.05, 3.63) is 12.2 Å². The molecular weight excluding hydrogens is 1110 g/mol. The van der Waals surface area contributed by atoms with Gasteiger partial charge in [-0.3, -0.25) is 14.2 Å². The maximum absolute atomic E-state index is 13.6. The molecule has 10 heteroatoms. The smallest absolute Gasteiger partial charge is 0.306 e. The van der Waals surface area contributed by atoms with Crippen molar-refractivity contribution in [2.75, 3.05) is 40.9 Å². The van der Waals surface area contributed by atoms with E-state index in [2.05, 4.69) is 26.1 Å².